The van der Waals surface area contributed by atoms with Crippen molar-refractivity contribution in [2.24, 2.45) is 0 Å². The number of benzene rings is 2. The molecule has 6 heteroatoms. The molecule has 0 spiro atoms. The molecule has 1 unspecified atom stereocenters. The number of carbonyl (C=O) groups is 1. The van der Waals surface area contributed by atoms with Crippen LogP contribution in [0.3, 0.4) is 0 Å². The summed E-state index contributed by atoms with van der Waals surface area (Å²) in [4.78, 5) is 11.8. The summed E-state index contributed by atoms with van der Waals surface area (Å²) in [5.74, 6) is 0.696. The minimum absolute atomic E-state index is 0.320. The van der Waals surface area contributed by atoms with Gasteiger partial charge in [0.2, 0.25) is 0 Å². The second kappa shape index (κ2) is 11.7. The summed E-state index contributed by atoms with van der Waals surface area (Å²) in [6.07, 6.45) is 0.724. The summed E-state index contributed by atoms with van der Waals surface area (Å²) >= 11 is 0. The van der Waals surface area contributed by atoms with Crippen LogP contribution in [0.2, 0.25) is 0 Å². The second-order valence-corrected chi connectivity index (χ2v) is 8.22. The molecule has 1 heterocycles. The van der Waals surface area contributed by atoms with Crippen molar-refractivity contribution in [1.82, 2.24) is 4.57 Å². The predicted molar refractivity (Wildman–Crippen MR) is 134 cm³/mol. The van der Waals surface area contributed by atoms with Gasteiger partial charge in [-0.05, 0) is 86.8 Å². The van der Waals surface area contributed by atoms with Gasteiger partial charge in [-0.1, -0.05) is 19.1 Å². The molecule has 0 aliphatic carbocycles. The topological polar surface area (TPSA) is 69.9 Å². The van der Waals surface area contributed by atoms with Crippen LogP contribution >= 0.6 is 0 Å². The molecule has 0 aliphatic rings. The van der Waals surface area contributed by atoms with Crippen molar-refractivity contribution in [2.75, 3.05) is 19.8 Å². The van der Waals surface area contributed by atoms with E-state index in [0.717, 1.165) is 28.3 Å². The van der Waals surface area contributed by atoms with Gasteiger partial charge < -0.3 is 23.9 Å². The molecule has 182 valence electrons. The first-order valence-electron chi connectivity index (χ1n) is 11.9. The summed E-state index contributed by atoms with van der Waals surface area (Å²) in [7, 11) is 0. The van der Waals surface area contributed by atoms with Crippen LogP contribution in [0.4, 0.5) is 0 Å². The zero-order valence-corrected chi connectivity index (χ0v) is 20.5. The van der Waals surface area contributed by atoms with E-state index in [0.29, 0.717) is 39.2 Å². The minimum atomic E-state index is -1.19. The summed E-state index contributed by atoms with van der Waals surface area (Å²) in [6, 6.07) is 20.0. The van der Waals surface area contributed by atoms with Crippen LogP contribution < -0.4 is 9.47 Å². The average Bonchev–Trinajstić information content (AvgIpc) is 3.20. The van der Waals surface area contributed by atoms with Crippen molar-refractivity contribution < 1.29 is 24.1 Å². The van der Waals surface area contributed by atoms with E-state index in [1.807, 2.05) is 57.2 Å². The highest BCUT2D eigenvalue weighted by Gasteiger charge is 2.37. The number of carboxylic acids is 1. The number of rotatable bonds is 13. The first-order valence-corrected chi connectivity index (χ1v) is 11.9. The monoisotopic (exact) mass is 465 g/mol. The van der Waals surface area contributed by atoms with Crippen LogP contribution in [0.25, 0.3) is 11.3 Å². The van der Waals surface area contributed by atoms with E-state index >= 15 is 0 Å². The fraction of sp³-hybridized carbons (Fsp3) is 0.393. The number of aliphatic carboxylic acids is 1. The fourth-order valence-corrected chi connectivity index (χ4v) is 4.14. The molecule has 0 fully saturated rings. The molecule has 6 nitrogen and oxygen atoms in total. The molecule has 1 aromatic heterocycles. The lowest BCUT2D eigenvalue weighted by molar-refractivity contribution is -0.166. The van der Waals surface area contributed by atoms with E-state index in [1.165, 1.54) is 5.69 Å². The van der Waals surface area contributed by atoms with E-state index in [9.17, 15) is 9.90 Å². The third-order valence-corrected chi connectivity index (χ3v) is 6.04. The summed E-state index contributed by atoms with van der Waals surface area (Å²) in [6.45, 7) is 9.97. The third kappa shape index (κ3) is 6.00. The Bertz CT molecular complexity index is 1060. The first-order chi connectivity index (χ1) is 16.4. The van der Waals surface area contributed by atoms with Gasteiger partial charge >= 0.3 is 5.97 Å². The summed E-state index contributed by atoms with van der Waals surface area (Å²) < 4.78 is 19.4. The highest BCUT2D eigenvalue weighted by Crippen LogP contribution is 2.26. The normalized spacial score (nSPS) is 12.8. The molecule has 1 atom stereocenters. The summed E-state index contributed by atoms with van der Waals surface area (Å²) in [5.41, 5.74) is 3.15. The highest BCUT2D eigenvalue weighted by atomic mass is 16.5. The van der Waals surface area contributed by atoms with Crippen molar-refractivity contribution in [1.29, 1.82) is 0 Å². The first kappa shape index (κ1) is 25.4. The largest absolute Gasteiger partial charge is 0.494 e. The maximum Gasteiger partial charge on any atom is 0.336 e. The van der Waals surface area contributed by atoms with Gasteiger partial charge in [0.05, 0.1) is 13.2 Å². The molecule has 34 heavy (non-hydrogen) atoms. The Hall–Kier alpha value is -3.25. The molecule has 0 radical (unpaired) electrons. The lowest BCUT2D eigenvalue weighted by atomic mass is 9.91. The van der Waals surface area contributed by atoms with E-state index < -0.39 is 11.6 Å². The Kier molecular flexibility index (Phi) is 8.77. The molecular formula is C28H35NO5. The van der Waals surface area contributed by atoms with E-state index in [-0.39, 0.29) is 0 Å². The zero-order chi connectivity index (χ0) is 24.6. The molecule has 3 rings (SSSR count). The lowest BCUT2D eigenvalue weighted by Crippen LogP contribution is -2.43. The quantitative estimate of drug-likeness (QED) is 0.348. The number of aromatic nitrogens is 1. The van der Waals surface area contributed by atoms with E-state index in [4.69, 9.17) is 14.2 Å². The van der Waals surface area contributed by atoms with Gasteiger partial charge in [-0.3, -0.25) is 0 Å². The molecule has 0 aliphatic heterocycles. The van der Waals surface area contributed by atoms with E-state index in [2.05, 4.69) is 35.8 Å². The van der Waals surface area contributed by atoms with Crippen LogP contribution in [0.1, 0.15) is 38.4 Å². The number of hydrogen-bond acceptors (Lipinski definition) is 4. The molecule has 2 aromatic carbocycles. The molecule has 1 N–H and O–H groups in total. The molecule has 0 saturated heterocycles. The van der Waals surface area contributed by atoms with Crippen LogP contribution in [0, 0.1) is 6.92 Å². The zero-order valence-electron chi connectivity index (χ0n) is 20.5. The van der Waals surface area contributed by atoms with Crippen LogP contribution in [0.15, 0.2) is 60.7 Å². The third-order valence-electron chi connectivity index (χ3n) is 6.04. The number of hydrogen-bond donors (Lipinski definition) is 1. The Morgan fingerprint density at radius 3 is 2.12 bits per heavy atom. The van der Waals surface area contributed by atoms with E-state index in [1.54, 1.807) is 0 Å². The maximum atomic E-state index is 11.8. The van der Waals surface area contributed by atoms with Crippen molar-refractivity contribution in [2.45, 2.75) is 52.7 Å². The number of aryl methyl sites for hydroxylation is 1. The van der Waals surface area contributed by atoms with Gasteiger partial charge in [0, 0.05) is 24.4 Å². The Labute approximate surface area is 202 Å². The second-order valence-electron chi connectivity index (χ2n) is 8.22. The standard InChI is InChI=1S/C28H35NO5/c1-5-28(27(30)31,34-7-3)20-22-9-13-25(14-10-22)33-19-18-29-21(4)8-17-26(29)23-11-15-24(16-12-23)32-6-2/h8-17H,5-7,18-20H2,1-4H3,(H,30,31). The molecule has 0 saturated carbocycles. The Morgan fingerprint density at radius 1 is 0.882 bits per heavy atom. The summed E-state index contributed by atoms with van der Waals surface area (Å²) in [5, 5.41) is 9.68. The van der Waals surface area contributed by atoms with Crippen molar-refractivity contribution >= 4 is 5.97 Å². The molecule has 3 aromatic rings. The number of ether oxygens (including phenoxy) is 3. The molecular weight excluding hydrogens is 430 g/mol. The van der Waals surface area contributed by atoms with Gasteiger partial charge in [-0.2, -0.15) is 0 Å². The predicted octanol–water partition coefficient (Wildman–Crippen LogP) is 5.75. The van der Waals surface area contributed by atoms with Crippen molar-refractivity contribution in [3.63, 3.8) is 0 Å². The maximum absolute atomic E-state index is 11.8. The van der Waals surface area contributed by atoms with Crippen LogP contribution in [0.5, 0.6) is 11.5 Å². The number of nitrogens with zero attached hydrogens (tertiary/aromatic N) is 1. The van der Waals surface area contributed by atoms with Crippen molar-refractivity contribution in [3.05, 3.63) is 71.9 Å². The van der Waals surface area contributed by atoms with Gasteiger partial charge in [-0.15, -0.1) is 0 Å². The average molecular weight is 466 g/mol. The molecule has 0 amide bonds. The number of carboxylic acid groups (broad SMARTS) is 1. The molecule has 0 bridgehead atoms. The van der Waals surface area contributed by atoms with Crippen molar-refractivity contribution in [3.8, 4) is 22.8 Å². The Balaban J connectivity index is 1.62. The van der Waals surface area contributed by atoms with Gasteiger partial charge in [0.25, 0.3) is 0 Å². The van der Waals surface area contributed by atoms with Crippen LogP contribution in [-0.2, 0) is 22.5 Å². The SMILES string of the molecule is CCOc1ccc(-c2ccc(C)n2CCOc2ccc(CC(CC)(OCC)C(=O)O)cc2)cc1. The van der Waals surface area contributed by atoms with Gasteiger partial charge in [0.1, 0.15) is 18.1 Å². The Morgan fingerprint density at radius 2 is 1.53 bits per heavy atom. The van der Waals surface area contributed by atoms with Crippen LogP contribution in [-0.4, -0.2) is 41.1 Å². The minimum Gasteiger partial charge on any atom is -0.494 e. The van der Waals surface area contributed by atoms with Gasteiger partial charge in [-0.25, -0.2) is 4.79 Å². The fourth-order valence-electron chi connectivity index (χ4n) is 4.14. The highest BCUT2D eigenvalue weighted by molar-refractivity contribution is 5.78. The smallest absolute Gasteiger partial charge is 0.336 e. The van der Waals surface area contributed by atoms with Gasteiger partial charge in [0.15, 0.2) is 5.60 Å². The lowest BCUT2D eigenvalue weighted by Gasteiger charge is -2.28.